The Morgan fingerprint density at radius 1 is 0.356 bits per heavy atom. The molecule has 0 N–H and O–H groups in total. The molecule has 59 heavy (non-hydrogen) atoms. The number of hydrogen-bond acceptors (Lipinski definition) is 1. The maximum absolute atomic E-state index is 2.44. The van der Waals surface area contributed by atoms with E-state index in [1.807, 2.05) is 0 Å². The number of nitrogens with zero attached hydrogens (tertiary/aromatic N) is 2. The molecule has 0 atom stereocenters. The fourth-order valence-electron chi connectivity index (χ4n) is 9.53. The molecule has 9 aromatic carbocycles. The molecule has 10 aromatic rings. The first-order chi connectivity index (χ1) is 29.0. The molecule has 0 fully saturated rings. The molecule has 0 spiro atoms. The van der Waals surface area contributed by atoms with Crippen LogP contribution < -0.4 is 4.90 Å². The number of anilines is 3. The predicted molar refractivity (Wildman–Crippen MR) is 249 cm³/mol. The highest BCUT2D eigenvalue weighted by Gasteiger charge is 2.36. The highest BCUT2D eigenvalue weighted by molar-refractivity contribution is 6.11. The first kappa shape index (κ1) is 34.8. The summed E-state index contributed by atoms with van der Waals surface area (Å²) in [6.07, 6.45) is 0. The van der Waals surface area contributed by atoms with Crippen molar-refractivity contribution in [1.82, 2.24) is 4.57 Å². The molecule has 1 aromatic heterocycles. The second kappa shape index (κ2) is 13.9. The van der Waals surface area contributed by atoms with Crippen LogP contribution >= 0.6 is 0 Å². The normalized spacial score (nSPS) is 12.7. The van der Waals surface area contributed by atoms with Gasteiger partial charge in [-0.05, 0) is 99.1 Å². The highest BCUT2D eigenvalue weighted by atomic mass is 15.1. The average Bonchev–Trinajstić information content (AvgIpc) is 3.75. The molecule has 0 radical (unpaired) electrons. The van der Waals surface area contributed by atoms with Crippen LogP contribution in [0.15, 0.2) is 218 Å². The first-order valence-corrected chi connectivity index (χ1v) is 20.5. The van der Waals surface area contributed by atoms with Crippen molar-refractivity contribution in [2.75, 3.05) is 4.90 Å². The number of hydrogen-bond donors (Lipinski definition) is 0. The van der Waals surface area contributed by atoms with Gasteiger partial charge in [0.15, 0.2) is 0 Å². The lowest BCUT2D eigenvalue weighted by Crippen LogP contribution is -2.16. The highest BCUT2D eigenvalue weighted by Crippen LogP contribution is 2.51. The van der Waals surface area contributed by atoms with Crippen molar-refractivity contribution >= 4 is 38.9 Å². The van der Waals surface area contributed by atoms with Crippen molar-refractivity contribution < 1.29 is 0 Å². The summed E-state index contributed by atoms with van der Waals surface area (Å²) in [5.74, 6) is 0. The summed E-state index contributed by atoms with van der Waals surface area (Å²) in [4.78, 5) is 2.44. The van der Waals surface area contributed by atoms with Gasteiger partial charge in [-0.2, -0.15) is 0 Å². The van der Waals surface area contributed by atoms with Gasteiger partial charge in [0.25, 0.3) is 0 Å². The zero-order chi connectivity index (χ0) is 39.5. The van der Waals surface area contributed by atoms with Gasteiger partial charge in [0.2, 0.25) is 0 Å². The van der Waals surface area contributed by atoms with Crippen molar-refractivity contribution in [2.45, 2.75) is 19.3 Å². The quantitative estimate of drug-likeness (QED) is 0.157. The fraction of sp³-hybridized carbons (Fsp3) is 0.0526. The Hall–Kier alpha value is -7.42. The Morgan fingerprint density at radius 2 is 0.915 bits per heavy atom. The summed E-state index contributed by atoms with van der Waals surface area (Å²) >= 11 is 0. The van der Waals surface area contributed by atoms with E-state index in [1.54, 1.807) is 0 Å². The van der Waals surface area contributed by atoms with E-state index < -0.39 is 0 Å². The molecule has 0 bridgehead atoms. The molecular weight excluding hydrogens is 713 g/mol. The lowest BCUT2D eigenvalue weighted by molar-refractivity contribution is 0.660. The summed E-state index contributed by atoms with van der Waals surface area (Å²) in [5.41, 5.74) is 19.4. The Morgan fingerprint density at radius 3 is 1.71 bits per heavy atom. The van der Waals surface area contributed by atoms with Crippen LogP contribution in [0.2, 0.25) is 0 Å². The van der Waals surface area contributed by atoms with Gasteiger partial charge in [-0.3, -0.25) is 0 Å². The van der Waals surface area contributed by atoms with Crippen LogP contribution in [0.25, 0.3) is 72.0 Å². The van der Waals surface area contributed by atoms with Gasteiger partial charge in [-0.1, -0.05) is 178 Å². The van der Waals surface area contributed by atoms with E-state index in [2.05, 4.69) is 242 Å². The Bertz CT molecular complexity index is 3170. The van der Waals surface area contributed by atoms with E-state index in [1.165, 1.54) is 71.9 Å². The molecule has 280 valence electrons. The minimum absolute atomic E-state index is 0.115. The number of rotatable bonds is 7. The standard InChI is InChI=1S/C57H42N2/c1-57(2)51-25-13-9-23-47(51)48-35-34-44(38-52(48)57)58(53-26-14-10-21-45(53)40-19-7-4-8-20-40)43-32-29-41(30-33-43)46-22-11-15-27-54(46)59-55-28-16-12-24-49(55)50-37-42(31-36-56(50)59)39-17-5-3-6-18-39/h3-38H,1-2H3. The summed E-state index contributed by atoms with van der Waals surface area (Å²) in [5, 5.41) is 2.50. The van der Waals surface area contributed by atoms with Crippen LogP contribution in [0.3, 0.4) is 0 Å². The molecule has 2 heteroatoms. The summed E-state index contributed by atoms with van der Waals surface area (Å²) in [6, 6.07) is 79.8. The van der Waals surface area contributed by atoms with Crippen LogP contribution in [0.5, 0.6) is 0 Å². The first-order valence-electron chi connectivity index (χ1n) is 20.5. The zero-order valence-corrected chi connectivity index (χ0v) is 33.2. The molecule has 1 aliphatic carbocycles. The monoisotopic (exact) mass is 754 g/mol. The Labute approximate surface area is 345 Å². The van der Waals surface area contributed by atoms with Gasteiger partial charge in [0.1, 0.15) is 0 Å². The van der Waals surface area contributed by atoms with E-state index in [0.29, 0.717) is 0 Å². The van der Waals surface area contributed by atoms with Crippen molar-refractivity contribution in [3.8, 4) is 50.2 Å². The molecule has 0 unspecified atom stereocenters. The molecule has 1 aliphatic rings. The lowest BCUT2D eigenvalue weighted by atomic mass is 9.82. The number of benzene rings is 9. The summed E-state index contributed by atoms with van der Waals surface area (Å²) in [6.45, 7) is 4.71. The molecular formula is C57H42N2. The molecule has 0 saturated carbocycles. The van der Waals surface area contributed by atoms with Crippen molar-refractivity contribution in [2.24, 2.45) is 0 Å². The molecule has 0 aliphatic heterocycles. The summed E-state index contributed by atoms with van der Waals surface area (Å²) in [7, 11) is 0. The van der Waals surface area contributed by atoms with Gasteiger partial charge in [-0.25, -0.2) is 0 Å². The Kier molecular flexibility index (Phi) is 8.20. The number of aromatic nitrogens is 1. The van der Waals surface area contributed by atoms with Crippen molar-refractivity contribution in [3.05, 3.63) is 230 Å². The van der Waals surface area contributed by atoms with E-state index in [9.17, 15) is 0 Å². The third kappa shape index (κ3) is 5.71. The third-order valence-corrected chi connectivity index (χ3v) is 12.4. The largest absolute Gasteiger partial charge is 0.310 e. The van der Waals surface area contributed by atoms with Gasteiger partial charge < -0.3 is 9.47 Å². The topological polar surface area (TPSA) is 8.17 Å². The van der Waals surface area contributed by atoms with Crippen molar-refractivity contribution in [3.63, 3.8) is 0 Å². The van der Waals surface area contributed by atoms with E-state index in [-0.39, 0.29) is 5.41 Å². The number of para-hydroxylation sites is 3. The molecule has 0 saturated heterocycles. The van der Waals surface area contributed by atoms with Crippen LogP contribution in [0.4, 0.5) is 17.1 Å². The number of fused-ring (bicyclic) bond motifs is 6. The van der Waals surface area contributed by atoms with Crippen LogP contribution in [0.1, 0.15) is 25.0 Å². The zero-order valence-electron chi connectivity index (χ0n) is 33.2. The van der Waals surface area contributed by atoms with E-state index in [4.69, 9.17) is 0 Å². The van der Waals surface area contributed by atoms with Gasteiger partial charge in [0.05, 0.1) is 22.4 Å². The summed E-state index contributed by atoms with van der Waals surface area (Å²) < 4.78 is 2.44. The smallest absolute Gasteiger partial charge is 0.0541 e. The van der Waals surface area contributed by atoms with Crippen LogP contribution in [0, 0.1) is 0 Å². The van der Waals surface area contributed by atoms with E-state index >= 15 is 0 Å². The molecule has 1 heterocycles. The fourth-order valence-corrected chi connectivity index (χ4v) is 9.53. The minimum Gasteiger partial charge on any atom is -0.310 e. The maximum atomic E-state index is 2.44. The van der Waals surface area contributed by atoms with E-state index in [0.717, 1.165) is 28.3 Å². The van der Waals surface area contributed by atoms with Gasteiger partial charge in [0, 0.05) is 38.7 Å². The second-order valence-electron chi connectivity index (χ2n) is 16.1. The SMILES string of the molecule is CC1(C)c2ccccc2-c2ccc(N(c3ccc(-c4ccccc4-n4c5ccccc5c5cc(-c6ccccc6)ccc54)cc3)c3ccccc3-c3ccccc3)cc21. The van der Waals surface area contributed by atoms with Gasteiger partial charge in [-0.15, -0.1) is 0 Å². The lowest BCUT2D eigenvalue weighted by Gasteiger charge is -2.30. The van der Waals surface area contributed by atoms with Crippen LogP contribution in [-0.4, -0.2) is 4.57 Å². The van der Waals surface area contributed by atoms with Crippen molar-refractivity contribution in [1.29, 1.82) is 0 Å². The molecule has 0 amide bonds. The molecule has 11 rings (SSSR count). The van der Waals surface area contributed by atoms with Crippen LogP contribution in [-0.2, 0) is 5.41 Å². The average molecular weight is 755 g/mol. The minimum atomic E-state index is -0.115. The third-order valence-electron chi connectivity index (χ3n) is 12.4. The maximum Gasteiger partial charge on any atom is 0.0541 e. The second-order valence-corrected chi connectivity index (χ2v) is 16.1. The Balaban J connectivity index is 1.05. The van der Waals surface area contributed by atoms with Gasteiger partial charge >= 0.3 is 0 Å². The predicted octanol–water partition coefficient (Wildman–Crippen LogP) is 15.6. The molecule has 2 nitrogen and oxygen atoms in total.